The zero-order valence-electron chi connectivity index (χ0n) is 14.1. The van der Waals surface area contributed by atoms with Gasteiger partial charge in [-0.25, -0.2) is 0 Å². The Labute approximate surface area is 144 Å². The molecule has 0 aliphatic heterocycles. The molecule has 0 fully saturated rings. The quantitative estimate of drug-likeness (QED) is 0.744. The summed E-state index contributed by atoms with van der Waals surface area (Å²) in [7, 11) is 3.92. The molecule has 1 heterocycles. The van der Waals surface area contributed by atoms with Gasteiger partial charge in [-0.3, -0.25) is 9.59 Å². The first kappa shape index (κ1) is 16.5. The van der Waals surface area contributed by atoms with Gasteiger partial charge in [0.25, 0.3) is 11.1 Å². The minimum atomic E-state index is -0.335. The Hall–Kier alpha value is -3.34. The Kier molecular flexibility index (Phi) is 4.66. The number of rotatable bonds is 3. The zero-order valence-corrected chi connectivity index (χ0v) is 14.1. The number of nitrogens with zero attached hydrogens (tertiary/aromatic N) is 1. The Bertz CT molecular complexity index is 1090. The largest absolute Gasteiger partial charge is 0.378 e. The van der Waals surface area contributed by atoms with Crippen molar-refractivity contribution in [1.29, 1.82) is 0 Å². The number of nitrogens with one attached hydrogen (secondary N) is 2. The van der Waals surface area contributed by atoms with Gasteiger partial charge >= 0.3 is 0 Å². The van der Waals surface area contributed by atoms with E-state index in [-0.39, 0.29) is 21.8 Å². The first-order chi connectivity index (χ1) is 12.0. The van der Waals surface area contributed by atoms with E-state index >= 15 is 0 Å². The monoisotopic (exact) mass is 333 g/mol. The van der Waals surface area contributed by atoms with Crippen LogP contribution < -0.4 is 26.7 Å². The molecule has 0 saturated carbocycles. The lowest BCUT2D eigenvalue weighted by atomic mass is 10.2. The van der Waals surface area contributed by atoms with Crippen LogP contribution in [0.2, 0.25) is 0 Å². The molecule has 3 rings (SSSR count). The summed E-state index contributed by atoms with van der Waals surface area (Å²) in [4.78, 5) is 31.8. The summed E-state index contributed by atoms with van der Waals surface area (Å²) in [6.07, 6.45) is 3.31. The van der Waals surface area contributed by atoms with Crippen LogP contribution in [0.1, 0.15) is 11.1 Å². The lowest BCUT2D eigenvalue weighted by molar-refractivity contribution is 1.00. The zero-order chi connectivity index (χ0) is 17.8. The second-order valence-electron chi connectivity index (χ2n) is 5.92. The molecule has 0 saturated heterocycles. The first-order valence-electron chi connectivity index (χ1n) is 7.91. The van der Waals surface area contributed by atoms with Gasteiger partial charge in [0.05, 0.1) is 0 Å². The summed E-state index contributed by atoms with van der Waals surface area (Å²) in [6.45, 7) is 0. The molecule has 2 N–H and O–H groups in total. The standard InChI is InChI=1S/C20H19N3O2/c1-23(2)16-10-8-15(9-11-16)13-18-20(25)21-17(19(24)22-18)12-14-6-4-3-5-7-14/h3-13H,1-2H3,(H,21,25)(H,22,24). The van der Waals surface area contributed by atoms with Crippen molar-refractivity contribution in [3.63, 3.8) is 0 Å². The van der Waals surface area contributed by atoms with E-state index in [1.165, 1.54) is 0 Å². The van der Waals surface area contributed by atoms with Crippen LogP contribution in [0.3, 0.4) is 0 Å². The van der Waals surface area contributed by atoms with Gasteiger partial charge in [-0.15, -0.1) is 0 Å². The molecule has 0 spiro atoms. The van der Waals surface area contributed by atoms with Crippen LogP contribution in [0.25, 0.3) is 12.2 Å². The van der Waals surface area contributed by atoms with E-state index in [1.54, 1.807) is 12.2 Å². The molecule has 0 bridgehead atoms. The third-order valence-electron chi connectivity index (χ3n) is 3.82. The Morgan fingerprint density at radius 2 is 1.20 bits per heavy atom. The van der Waals surface area contributed by atoms with E-state index < -0.39 is 0 Å². The van der Waals surface area contributed by atoms with Gasteiger partial charge in [0.1, 0.15) is 10.7 Å². The highest BCUT2D eigenvalue weighted by atomic mass is 16.1. The van der Waals surface area contributed by atoms with Crippen LogP contribution in [0, 0.1) is 0 Å². The second-order valence-corrected chi connectivity index (χ2v) is 5.92. The van der Waals surface area contributed by atoms with Crippen molar-refractivity contribution in [3.05, 3.63) is 97.1 Å². The summed E-state index contributed by atoms with van der Waals surface area (Å²) in [5.74, 6) is 0. The van der Waals surface area contributed by atoms with Crippen molar-refractivity contribution >= 4 is 17.8 Å². The van der Waals surface area contributed by atoms with Crippen molar-refractivity contribution in [2.75, 3.05) is 19.0 Å². The van der Waals surface area contributed by atoms with E-state index in [0.717, 1.165) is 16.8 Å². The van der Waals surface area contributed by atoms with Crippen molar-refractivity contribution in [2.45, 2.75) is 0 Å². The predicted octanol–water partition coefficient (Wildman–Crippen LogP) is 0.787. The minimum Gasteiger partial charge on any atom is -0.378 e. The van der Waals surface area contributed by atoms with E-state index in [2.05, 4.69) is 9.97 Å². The number of H-pyrrole nitrogens is 2. The average molecular weight is 333 g/mol. The highest BCUT2D eigenvalue weighted by molar-refractivity contribution is 5.55. The van der Waals surface area contributed by atoms with Gasteiger partial charge in [0.2, 0.25) is 0 Å². The van der Waals surface area contributed by atoms with Crippen molar-refractivity contribution in [1.82, 2.24) is 9.97 Å². The van der Waals surface area contributed by atoms with Crippen molar-refractivity contribution < 1.29 is 0 Å². The number of hydrogen-bond donors (Lipinski definition) is 2. The second kappa shape index (κ2) is 7.05. The number of aromatic nitrogens is 2. The van der Waals surface area contributed by atoms with Gasteiger partial charge in [0, 0.05) is 19.8 Å². The molecule has 25 heavy (non-hydrogen) atoms. The van der Waals surface area contributed by atoms with Gasteiger partial charge in [-0.1, -0.05) is 42.5 Å². The predicted molar refractivity (Wildman–Crippen MR) is 101 cm³/mol. The summed E-state index contributed by atoms with van der Waals surface area (Å²) < 4.78 is 0. The molecular formula is C20H19N3O2. The van der Waals surface area contributed by atoms with E-state index in [1.807, 2.05) is 73.6 Å². The van der Waals surface area contributed by atoms with Crippen LogP contribution in [0.15, 0.2) is 64.2 Å². The molecule has 1 aromatic heterocycles. The maximum Gasteiger partial charge on any atom is 0.272 e. The molecule has 0 atom stereocenters. The highest BCUT2D eigenvalue weighted by Gasteiger charge is 1.98. The maximum atomic E-state index is 12.3. The Morgan fingerprint density at radius 1 is 0.720 bits per heavy atom. The van der Waals surface area contributed by atoms with Crippen LogP contribution >= 0.6 is 0 Å². The van der Waals surface area contributed by atoms with Gasteiger partial charge in [-0.2, -0.15) is 0 Å². The molecule has 5 heteroatoms. The topological polar surface area (TPSA) is 69.0 Å². The van der Waals surface area contributed by atoms with Crippen LogP contribution in [0.5, 0.6) is 0 Å². The van der Waals surface area contributed by atoms with Crippen LogP contribution in [-0.2, 0) is 0 Å². The number of hydrogen-bond acceptors (Lipinski definition) is 3. The van der Waals surface area contributed by atoms with E-state index in [9.17, 15) is 9.59 Å². The van der Waals surface area contributed by atoms with Crippen LogP contribution in [-0.4, -0.2) is 24.1 Å². The third-order valence-corrected chi connectivity index (χ3v) is 3.82. The molecule has 2 aromatic carbocycles. The number of aromatic amines is 2. The van der Waals surface area contributed by atoms with Gasteiger partial charge < -0.3 is 14.9 Å². The third kappa shape index (κ3) is 3.95. The number of benzene rings is 2. The van der Waals surface area contributed by atoms with Gasteiger partial charge in [-0.05, 0) is 35.4 Å². The molecule has 0 aliphatic rings. The molecule has 3 aromatic rings. The smallest absolute Gasteiger partial charge is 0.272 e. The van der Waals surface area contributed by atoms with E-state index in [0.29, 0.717) is 0 Å². The lowest BCUT2D eigenvalue weighted by Crippen LogP contribution is -2.46. The number of anilines is 1. The molecule has 0 unspecified atom stereocenters. The molecule has 5 nitrogen and oxygen atoms in total. The Morgan fingerprint density at radius 3 is 1.68 bits per heavy atom. The van der Waals surface area contributed by atoms with Crippen molar-refractivity contribution in [2.24, 2.45) is 0 Å². The maximum absolute atomic E-state index is 12.3. The highest BCUT2D eigenvalue weighted by Crippen LogP contribution is 2.12. The van der Waals surface area contributed by atoms with E-state index in [4.69, 9.17) is 0 Å². The summed E-state index contributed by atoms with van der Waals surface area (Å²) in [6, 6.07) is 17.1. The lowest BCUT2D eigenvalue weighted by Gasteiger charge is -2.11. The first-order valence-corrected chi connectivity index (χ1v) is 7.91. The fraction of sp³-hybridized carbons (Fsp3) is 0.100. The SMILES string of the molecule is CN(C)c1ccc(C=c2[nH]c(=O)c(=Cc3ccccc3)[nH]c2=O)cc1. The Balaban J connectivity index is 2.05. The summed E-state index contributed by atoms with van der Waals surface area (Å²) >= 11 is 0. The van der Waals surface area contributed by atoms with Gasteiger partial charge in [0.15, 0.2) is 0 Å². The fourth-order valence-electron chi connectivity index (χ4n) is 2.45. The summed E-state index contributed by atoms with van der Waals surface area (Å²) in [5.41, 5.74) is 2.08. The minimum absolute atomic E-state index is 0.229. The average Bonchev–Trinajstić information content (AvgIpc) is 2.60. The molecular weight excluding hydrogens is 314 g/mol. The summed E-state index contributed by atoms with van der Waals surface area (Å²) in [5, 5.41) is 0.462. The molecule has 126 valence electrons. The molecule has 0 aliphatic carbocycles. The van der Waals surface area contributed by atoms with Crippen LogP contribution in [0.4, 0.5) is 5.69 Å². The molecule has 0 radical (unpaired) electrons. The van der Waals surface area contributed by atoms with Crippen molar-refractivity contribution in [3.8, 4) is 0 Å². The molecule has 0 amide bonds. The fourth-order valence-corrected chi connectivity index (χ4v) is 2.45. The normalized spacial score (nSPS) is 12.4.